The standard InChI is InChI=1S/C19H25ClN4O3/c1-13-12-27-7-6-24(13)19-9-16(20)17(22-23-19)11-21-10-14-4-5-15(25-2)8-18(14)26-3/h4-5,8-9,13,21H,6-7,10-12H2,1-3H3/t13-/m1/s1. The van der Waals surface area contributed by atoms with Gasteiger partial charge in [0.25, 0.3) is 0 Å². The van der Waals surface area contributed by atoms with Crippen molar-refractivity contribution in [2.45, 2.75) is 26.1 Å². The van der Waals surface area contributed by atoms with Gasteiger partial charge in [-0.15, -0.1) is 5.10 Å². The molecule has 1 aromatic carbocycles. The number of nitrogens with zero attached hydrogens (tertiary/aromatic N) is 3. The summed E-state index contributed by atoms with van der Waals surface area (Å²) in [7, 11) is 3.28. The summed E-state index contributed by atoms with van der Waals surface area (Å²) in [5.41, 5.74) is 1.75. The lowest BCUT2D eigenvalue weighted by atomic mass is 10.2. The number of ether oxygens (including phenoxy) is 3. The third-order valence-corrected chi connectivity index (χ3v) is 4.90. The summed E-state index contributed by atoms with van der Waals surface area (Å²) in [6, 6.07) is 7.88. The SMILES string of the molecule is COc1ccc(CNCc2nnc(N3CCOC[C@H]3C)cc2Cl)c(OC)c1. The Morgan fingerprint density at radius 3 is 2.78 bits per heavy atom. The molecule has 0 spiro atoms. The summed E-state index contributed by atoms with van der Waals surface area (Å²) in [6.07, 6.45) is 0. The van der Waals surface area contributed by atoms with Crippen molar-refractivity contribution in [1.82, 2.24) is 15.5 Å². The van der Waals surface area contributed by atoms with Gasteiger partial charge in [0, 0.05) is 37.3 Å². The van der Waals surface area contributed by atoms with E-state index in [9.17, 15) is 0 Å². The quantitative estimate of drug-likeness (QED) is 0.776. The third kappa shape index (κ3) is 4.80. The summed E-state index contributed by atoms with van der Waals surface area (Å²) in [6.45, 7) is 5.41. The molecule has 1 fully saturated rings. The molecule has 7 nitrogen and oxygen atoms in total. The lowest BCUT2D eigenvalue weighted by molar-refractivity contribution is 0.0984. The van der Waals surface area contributed by atoms with Crippen molar-refractivity contribution in [2.75, 3.05) is 38.9 Å². The molecular formula is C19H25ClN4O3. The summed E-state index contributed by atoms with van der Waals surface area (Å²) >= 11 is 6.43. The predicted molar refractivity (Wildman–Crippen MR) is 105 cm³/mol. The van der Waals surface area contributed by atoms with Gasteiger partial charge in [-0.1, -0.05) is 17.7 Å². The second-order valence-electron chi connectivity index (χ2n) is 6.40. The van der Waals surface area contributed by atoms with Crippen LogP contribution >= 0.6 is 11.6 Å². The van der Waals surface area contributed by atoms with Crippen LogP contribution in [-0.4, -0.2) is 50.2 Å². The molecule has 1 N–H and O–H groups in total. The molecule has 1 atom stereocenters. The molecule has 1 aromatic heterocycles. The maximum absolute atomic E-state index is 6.43. The van der Waals surface area contributed by atoms with Crippen molar-refractivity contribution >= 4 is 17.4 Å². The monoisotopic (exact) mass is 392 g/mol. The van der Waals surface area contributed by atoms with Crippen molar-refractivity contribution < 1.29 is 14.2 Å². The summed E-state index contributed by atoms with van der Waals surface area (Å²) < 4.78 is 16.1. The van der Waals surface area contributed by atoms with E-state index < -0.39 is 0 Å². The molecule has 27 heavy (non-hydrogen) atoms. The Bertz CT molecular complexity index is 775. The van der Waals surface area contributed by atoms with Gasteiger partial charge in [-0.25, -0.2) is 0 Å². The van der Waals surface area contributed by atoms with Gasteiger partial charge in [0.05, 0.1) is 44.2 Å². The first kappa shape index (κ1) is 19.7. The third-order valence-electron chi connectivity index (χ3n) is 4.57. The molecule has 2 heterocycles. The van der Waals surface area contributed by atoms with E-state index in [1.807, 2.05) is 24.3 Å². The highest BCUT2D eigenvalue weighted by Gasteiger charge is 2.21. The van der Waals surface area contributed by atoms with Crippen LogP contribution in [0.2, 0.25) is 5.02 Å². The fourth-order valence-corrected chi connectivity index (χ4v) is 3.23. The Kier molecular flexibility index (Phi) is 6.71. The Balaban J connectivity index is 1.61. The number of anilines is 1. The minimum Gasteiger partial charge on any atom is -0.497 e. The summed E-state index contributed by atoms with van der Waals surface area (Å²) in [4.78, 5) is 2.17. The number of benzene rings is 1. The van der Waals surface area contributed by atoms with Gasteiger partial charge < -0.3 is 24.4 Å². The highest BCUT2D eigenvalue weighted by atomic mass is 35.5. The zero-order chi connectivity index (χ0) is 19.2. The predicted octanol–water partition coefficient (Wildman–Crippen LogP) is 2.66. The van der Waals surface area contributed by atoms with E-state index in [1.54, 1.807) is 14.2 Å². The van der Waals surface area contributed by atoms with E-state index in [0.29, 0.717) is 37.0 Å². The molecule has 2 aromatic rings. The number of aromatic nitrogens is 2. The second kappa shape index (κ2) is 9.21. The molecule has 3 rings (SSSR count). The van der Waals surface area contributed by atoms with E-state index in [2.05, 4.69) is 27.3 Å². The maximum atomic E-state index is 6.43. The molecule has 1 aliphatic rings. The number of methoxy groups -OCH3 is 2. The summed E-state index contributed by atoms with van der Waals surface area (Å²) in [5.74, 6) is 2.32. The Morgan fingerprint density at radius 1 is 1.22 bits per heavy atom. The first-order valence-electron chi connectivity index (χ1n) is 8.90. The van der Waals surface area contributed by atoms with Crippen LogP contribution < -0.4 is 19.7 Å². The van der Waals surface area contributed by atoms with Crippen LogP contribution in [0.4, 0.5) is 5.82 Å². The van der Waals surface area contributed by atoms with Crippen molar-refractivity contribution in [3.05, 3.63) is 40.5 Å². The molecule has 0 amide bonds. The minimum atomic E-state index is 0.260. The smallest absolute Gasteiger partial charge is 0.153 e. The zero-order valence-corrected chi connectivity index (χ0v) is 16.6. The van der Waals surface area contributed by atoms with Crippen molar-refractivity contribution in [3.63, 3.8) is 0 Å². The van der Waals surface area contributed by atoms with Crippen LogP contribution in [0, 0.1) is 0 Å². The topological polar surface area (TPSA) is 68.7 Å². The number of hydrogen-bond donors (Lipinski definition) is 1. The van der Waals surface area contributed by atoms with Crippen molar-refractivity contribution in [3.8, 4) is 11.5 Å². The molecule has 146 valence electrons. The molecule has 0 aliphatic carbocycles. The van der Waals surface area contributed by atoms with E-state index >= 15 is 0 Å². The Labute approximate surface area is 164 Å². The molecule has 0 saturated carbocycles. The van der Waals surface area contributed by atoms with Gasteiger partial charge in [-0.2, -0.15) is 5.10 Å². The number of hydrogen-bond acceptors (Lipinski definition) is 7. The Morgan fingerprint density at radius 2 is 2.07 bits per heavy atom. The Hall–Kier alpha value is -2.09. The van der Waals surface area contributed by atoms with Gasteiger partial charge in [0.1, 0.15) is 11.5 Å². The van der Waals surface area contributed by atoms with Crippen LogP contribution in [0.25, 0.3) is 0 Å². The molecule has 1 aliphatic heterocycles. The minimum absolute atomic E-state index is 0.260. The average molecular weight is 393 g/mol. The molecule has 0 unspecified atom stereocenters. The molecular weight excluding hydrogens is 368 g/mol. The van der Waals surface area contributed by atoms with E-state index in [0.717, 1.165) is 29.4 Å². The van der Waals surface area contributed by atoms with Crippen molar-refractivity contribution in [2.24, 2.45) is 0 Å². The molecule has 0 bridgehead atoms. The fourth-order valence-electron chi connectivity index (χ4n) is 3.03. The highest BCUT2D eigenvalue weighted by molar-refractivity contribution is 6.31. The van der Waals surface area contributed by atoms with E-state index in [4.69, 9.17) is 25.8 Å². The number of nitrogens with one attached hydrogen (secondary N) is 1. The van der Waals surface area contributed by atoms with Gasteiger partial charge in [-0.05, 0) is 13.0 Å². The molecule has 1 saturated heterocycles. The van der Waals surface area contributed by atoms with Crippen LogP contribution in [0.5, 0.6) is 11.5 Å². The first-order chi connectivity index (χ1) is 13.1. The van der Waals surface area contributed by atoms with Crippen LogP contribution in [-0.2, 0) is 17.8 Å². The molecule has 8 heteroatoms. The van der Waals surface area contributed by atoms with E-state index in [-0.39, 0.29) is 6.04 Å². The zero-order valence-electron chi connectivity index (χ0n) is 15.9. The summed E-state index contributed by atoms with van der Waals surface area (Å²) in [5, 5.41) is 12.6. The lowest BCUT2D eigenvalue weighted by Gasteiger charge is -2.34. The fraction of sp³-hybridized carbons (Fsp3) is 0.474. The van der Waals surface area contributed by atoms with Crippen LogP contribution in [0.1, 0.15) is 18.2 Å². The first-order valence-corrected chi connectivity index (χ1v) is 9.28. The van der Waals surface area contributed by atoms with Gasteiger partial charge in [0.2, 0.25) is 0 Å². The van der Waals surface area contributed by atoms with Gasteiger partial charge >= 0.3 is 0 Å². The van der Waals surface area contributed by atoms with Crippen LogP contribution in [0.15, 0.2) is 24.3 Å². The normalized spacial score (nSPS) is 17.0. The van der Waals surface area contributed by atoms with Gasteiger partial charge in [-0.3, -0.25) is 0 Å². The maximum Gasteiger partial charge on any atom is 0.153 e. The largest absolute Gasteiger partial charge is 0.497 e. The molecule has 0 radical (unpaired) electrons. The number of halogens is 1. The lowest BCUT2D eigenvalue weighted by Crippen LogP contribution is -2.44. The van der Waals surface area contributed by atoms with Crippen molar-refractivity contribution in [1.29, 1.82) is 0 Å². The second-order valence-corrected chi connectivity index (χ2v) is 6.80. The highest BCUT2D eigenvalue weighted by Crippen LogP contribution is 2.25. The number of rotatable bonds is 7. The van der Waals surface area contributed by atoms with Gasteiger partial charge in [0.15, 0.2) is 5.82 Å². The average Bonchev–Trinajstić information content (AvgIpc) is 2.69. The number of morpholine rings is 1. The van der Waals surface area contributed by atoms with Crippen LogP contribution in [0.3, 0.4) is 0 Å². The van der Waals surface area contributed by atoms with E-state index in [1.165, 1.54) is 0 Å².